The summed E-state index contributed by atoms with van der Waals surface area (Å²) in [6.07, 6.45) is -1.73. The molecule has 0 spiro atoms. The Kier molecular flexibility index (Phi) is 4.67. The fourth-order valence-electron chi connectivity index (χ4n) is 2.48. The van der Waals surface area contributed by atoms with Gasteiger partial charge >= 0.3 is 12.1 Å². The van der Waals surface area contributed by atoms with Crippen LogP contribution in [0.1, 0.15) is 34.6 Å². The van der Waals surface area contributed by atoms with Crippen molar-refractivity contribution in [1.82, 2.24) is 4.90 Å². The van der Waals surface area contributed by atoms with Gasteiger partial charge in [0.2, 0.25) is 5.91 Å². The van der Waals surface area contributed by atoms with Gasteiger partial charge in [0, 0.05) is 12.5 Å². The second kappa shape index (κ2) is 5.63. The number of nitrogens with zero attached hydrogens (tertiary/aromatic N) is 1. The van der Waals surface area contributed by atoms with Gasteiger partial charge in [-0.1, -0.05) is 13.8 Å². The van der Waals surface area contributed by atoms with E-state index in [1.54, 1.807) is 34.6 Å². The summed E-state index contributed by atoms with van der Waals surface area (Å²) < 4.78 is 15.1. The van der Waals surface area contributed by atoms with E-state index in [1.807, 2.05) is 0 Å². The first-order chi connectivity index (χ1) is 9.47. The van der Waals surface area contributed by atoms with Crippen LogP contribution in [-0.2, 0) is 23.8 Å². The predicted molar refractivity (Wildman–Crippen MR) is 73.2 cm³/mol. The fraction of sp³-hybridized carbons (Fsp3) is 0.786. The molecule has 0 aromatic carbocycles. The van der Waals surface area contributed by atoms with Crippen LogP contribution in [0.15, 0.2) is 0 Å². The summed E-state index contributed by atoms with van der Waals surface area (Å²) >= 11 is 0. The smallest absolute Gasteiger partial charge is 0.419 e. The minimum atomic E-state index is -1.11. The molecule has 1 fully saturated rings. The Morgan fingerprint density at radius 2 is 1.71 bits per heavy atom. The molecule has 1 saturated heterocycles. The molecular formula is C14H23NO6. The molecular weight excluding hydrogens is 278 g/mol. The Morgan fingerprint density at radius 1 is 1.19 bits per heavy atom. The summed E-state index contributed by atoms with van der Waals surface area (Å²) in [6, 6.07) is 0. The Bertz CT molecular complexity index is 451. The van der Waals surface area contributed by atoms with Gasteiger partial charge < -0.3 is 14.2 Å². The van der Waals surface area contributed by atoms with Crippen molar-refractivity contribution in [2.45, 2.75) is 46.4 Å². The second-order valence-corrected chi connectivity index (χ2v) is 6.55. The van der Waals surface area contributed by atoms with E-state index in [-0.39, 0.29) is 0 Å². The van der Waals surface area contributed by atoms with Gasteiger partial charge in [-0.15, -0.1) is 0 Å². The van der Waals surface area contributed by atoms with Gasteiger partial charge in [-0.2, -0.15) is 0 Å². The van der Waals surface area contributed by atoms with Gasteiger partial charge in [0.05, 0.1) is 7.11 Å². The van der Waals surface area contributed by atoms with Gasteiger partial charge in [-0.3, -0.25) is 9.59 Å². The number of likely N-dealkylation sites (tertiary alicyclic amines) is 1. The quantitative estimate of drug-likeness (QED) is 0.568. The zero-order chi connectivity index (χ0) is 16.6. The molecule has 21 heavy (non-hydrogen) atoms. The van der Waals surface area contributed by atoms with Crippen molar-refractivity contribution in [3.63, 3.8) is 0 Å². The molecule has 0 aromatic rings. The van der Waals surface area contributed by atoms with Crippen molar-refractivity contribution in [2.75, 3.05) is 14.2 Å². The third-order valence-electron chi connectivity index (χ3n) is 3.35. The average molecular weight is 301 g/mol. The van der Waals surface area contributed by atoms with E-state index in [1.165, 1.54) is 14.2 Å². The number of imide groups is 1. The molecule has 2 amide bonds. The van der Waals surface area contributed by atoms with Crippen LogP contribution < -0.4 is 0 Å². The van der Waals surface area contributed by atoms with Gasteiger partial charge in [0.15, 0.2) is 0 Å². The van der Waals surface area contributed by atoms with Crippen LogP contribution in [0.2, 0.25) is 0 Å². The van der Waals surface area contributed by atoms with Crippen molar-refractivity contribution in [1.29, 1.82) is 0 Å². The highest BCUT2D eigenvalue weighted by atomic mass is 16.6. The first-order valence-corrected chi connectivity index (χ1v) is 6.64. The van der Waals surface area contributed by atoms with Gasteiger partial charge in [0.25, 0.3) is 0 Å². The Hall–Kier alpha value is -1.63. The van der Waals surface area contributed by atoms with E-state index < -0.39 is 41.1 Å². The minimum Gasteiger partial charge on any atom is -0.468 e. The Morgan fingerprint density at radius 3 is 2.10 bits per heavy atom. The van der Waals surface area contributed by atoms with Crippen LogP contribution in [0, 0.1) is 11.3 Å². The molecule has 0 radical (unpaired) electrons. The largest absolute Gasteiger partial charge is 0.468 e. The molecule has 1 aliphatic heterocycles. The van der Waals surface area contributed by atoms with Crippen molar-refractivity contribution < 1.29 is 28.6 Å². The van der Waals surface area contributed by atoms with E-state index in [0.717, 1.165) is 4.90 Å². The lowest BCUT2D eigenvalue weighted by Crippen LogP contribution is -2.45. The van der Waals surface area contributed by atoms with E-state index in [0.29, 0.717) is 0 Å². The number of amides is 2. The summed E-state index contributed by atoms with van der Waals surface area (Å²) in [5.41, 5.74) is -1.68. The maximum absolute atomic E-state index is 12.5. The monoisotopic (exact) mass is 301 g/mol. The highest BCUT2D eigenvalue weighted by molar-refractivity contribution is 6.06. The summed E-state index contributed by atoms with van der Waals surface area (Å²) in [5.74, 6) is -2.48. The summed E-state index contributed by atoms with van der Waals surface area (Å²) in [7, 11) is 2.57. The molecule has 0 saturated carbocycles. The number of esters is 1. The third kappa shape index (κ3) is 3.18. The lowest BCUT2D eigenvalue weighted by Gasteiger charge is -2.31. The average Bonchev–Trinajstić information content (AvgIpc) is 2.52. The van der Waals surface area contributed by atoms with Gasteiger partial charge in [-0.05, 0) is 20.8 Å². The minimum absolute atomic E-state index is 0.673. The number of methoxy groups -OCH3 is 2. The number of hydrogen-bond acceptors (Lipinski definition) is 6. The van der Waals surface area contributed by atoms with Crippen LogP contribution in [0.4, 0.5) is 4.79 Å². The van der Waals surface area contributed by atoms with Crippen LogP contribution >= 0.6 is 0 Å². The zero-order valence-electron chi connectivity index (χ0n) is 13.6. The Balaban J connectivity index is 3.18. The highest BCUT2D eigenvalue weighted by Gasteiger charge is 2.60. The molecule has 0 aliphatic carbocycles. The number of hydrogen-bond donors (Lipinski definition) is 0. The normalized spacial score (nSPS) is 24.9. The van der Waals surface area contributed by atoms with Crippen LogP contribution in [0.5, 0.6) is 0 Å². The summed E-state index contributed by atoms with van der Waals surface area (Å²) in [5, 5.41) is 0. The fourth-order valence-corrected chi connectivity index (χ4v) is 2.48. The molecule has 1 aliphatic rings. The molecule has 2 unspecified atom stereocenters. The van der Waals surface area contributed by atoms with E-state index >= 15 is 0 Å². The third-order valence-corrected chi connectivity index (χ3v) is 3.35. The van der Waals surface area contributed by atoms with Crippen LogP contribution in [-0.4, -0.2) is 48.9 Å². The van der Waals surface area contributed by atoms with Crippen molar-refractivity contribution in [2.24, 2.45) is 11.3 Å². The summed E-state index contributed by atoms with van der Waals surface area (Å²) in [6.45, 7) is 8.42. The molecule has 2 atom stereocenters. The zero-order valence-corrected chi connectivity index (χ0v) is 13.6. The van der Waals surface area contributed by atoms with Gasteiger partial charge in [0.1, 0.15) is 17.7 Å². The number of carbonyl (C=O) groups is 3. The molecule has 7 nitrogen and oxygen atoms in total. The first kappa shape index (κ1) is 17.4. The van der Waals surface area contributed by atoms with E-state index in [9.17, 15) is 14.4 Å². The lowest BCUT2D eigenvalue weighted by molar-refractivity contribution is -0.153. The lowest BCUT2D eigenvalue weighted by atomic mass is 9.80. The van der Waals surface area contributed by atoms with E-state index in [2.05, 4.69) is 4.74 Å². The van der Waals surface area contributed by atoms with Crippen molar-refractivity contribution in [3.8, 4) is 0 Å². The molecule has 0 N–H and O–H groups in total. The summed E-state index contributed by atoms with van der Waals surface area (Å²) in [4.78, 5) is 37.4. The molecule has 7 heteroatoms. The first-order valence-electron chi connectivity index (χ1n) is 6.64. The maximum Gasteiger partial charge on any atom is 0.419 e. The standard InChI is InChI=1S/C14H23NO6/c1-13(2,3)21-12(18)15-9(16)8(10(17)19-6)14(4,5)11(15)20-7/h8,11H,1-7H3. The number of ether oxygens (including phenoxy) is 3. The van der Waals surface area contributed by atoms with Crippen molar-refractivity contribution >= 4 is 18.0 Å². The molecule has 120 valence electrons. The molecule has 1 heterocycles. The number of carbonyl (C=O) groups excluding carboxylic acids is 3. The van der Waals surface area contributed by atoms with Crippen LogP contribution in [0.3, 0.4) is 0 Å². The van der Waals surface area contributed by atoms with Crippen LogP contribution in [0.25, 0.3) is 0 Å². The molecule has 0 aromatic heterocycles. The topological polar surface area (TPSA) is 82.1 Å². The van der Waals surface area contributed by atoms with E-state index in [4.69, 9.17) is 9.47 Å². The van der Waals surface area contributed by atoms with Crippen molar-refractivity contribution in [3.05, 3.63) is 0 Å². The SMILES string of the molecule is COC(=O)C1C(=O)N(C(=O)OC(C)(C)C)C(OC)C1(C)C. The molecule has 0 bridgehead atoms. The molecule has 1 rings (SSSR count). The highest BCUT2D eigenvalue weighted by Crippen LogP contribution is 2.43. The maximum atomic E-state index is 12.5. The second-order valence-electron chi connectivity index (χ2n) is 6.55. The number of rotatable bonds is 2. The predicted octanol–water partition coefficient (Wildman–Crippen LogP) is 1.55. The van der Waals surface area contributed by atoms with Gasteiger partial charge in [-0.25, -0.2) is 9.69 Å². The Labute approximate surface area is 124 Å².